The van der Waals surface area contributed by atoms with E-state index in [2.05, 4.69) is 4.99 Å². The summed E-state index contributed by atoms with van der Waals surface area (Å²) in [6.45, 7) is 0.332. The van der Waals surface area contributed by atoms with E-state index in [1.54, 1.807) is 0 Å². The average molecular weight is 388 g/mol. The van der Waals surface area contributed by atoms with E-state index in [9.17, 15) is 18.0 Å². The van der Waals surface area contributed by atoms with E-state index in [1.807, 2.05) is 0 Å². The fourth-order valence-electron chi connectivity index (χ4n) is 4.34. The third kappa shape index (κ3) is 2.89. The Morgan fingerprint density at radius 2 is 1.75 bits per heavy atom. The molecule has 1 aliphatic carbocycles. The highest BCUT2D eigenvalue weighted by atomic mass is 19.1. The van der Waals surface area contributed by atoms with Crippen molar-refractivity contribution in [1.29, 1.82) is 0 Å². The number of guanidine groups is 1. The number of aliphatic imine (C=N–C) groups is 1. The summed E-state index contributed by atoms with van der Waals surface area (Å²) in [6, 6.07) is 5.42. The standard InChI is InChI=1S/C20H19F3N4O/c21-11-2-3-13(16(23)8-11)12-4-5-15(22)17-14(12)9-27(19(28)26-18(24)25)10-20(17)6-1-7-20/h2-5,8H,1,6-7,9-10H2,(H4,24,25,26,28). The number of fused-ring (bicyclic) bond motifs is 2. The predicted molar refractivity (Wildman–Crippen MR) is 98.9 cm³/mol. The van der Waals surface area contributed by atoms with Crippen LogP contribution in [-0.2, 0) is 12.0 Å². The van der Waals surface area contributed by atoms with Crippen molar-refractivity contribution in [3.63, 3.8) is 0 Å². The highest BCUT2D eigenvalue weighted by Gasteiger charge is 2.47. The molecule has 1 saturated carbocycles. The first-order chi connectivity index (χ1) is 13.3. The van der Waals surface area contributed by atoms with Crippen molar-refractivity contribution in [1.82, 2.24) is 4.90 Å². The Morgan fingerprint density at radius 3 is 2.36 bits per heavy atom. The fraction of sp³-hybridized carbons (Fsp3) is 0.300. The van der Waals surface area contributed by atoms with E-state index in [4.69, 9.17) is 11.5 Å². The van der Waals surface area contributed by atoms with E-state index < -0.39 is 23.1 Å². The maximum atomic E-state index is 14.9. The van der Waals surface area contributed by atoms with Crippen LogP contribution in [0.25, 0.3) is 11.1 Å². The predicted octanol–water partition coefficient (Wildman–Crippen LogP) is 3.40. The van der Waals surface area contributed by atoms with Gasteiger partial charge in [0.25, 0.3) is 0 Å². The number of halogens is 3. The molecule has 0 saturated heterocycles. The van der Waals surface area contributed by atoms with Crippen LogP contribution >= 0.6 is 0 Å². The van der Waals surface area contributed by atoms with Crippen molar-refractivity contribution in [3.05, 3.63) is 58.9 Å². The normalized spacial score (nSPS) is 17.0. The fourth-order valence-corrected chi connectivity index (χ4v) is 4.34. The zero-order valence-corrected chi connectivity index (χ0v) is 15.0. The molecule has 0 bridgehead atoms. The number of urea groups is 1. The van der Waals surface area contributed by atoms with Crippen molar-refractivity contribution < 1.29 is 18.0 Å². The third-order valence-corrected chi connectivity index (χ3v) is 5.66. The molecular weight excluding hydrogens is 369 g/mol. The minimum atomic E-state index is -0.746. The average Bonchev–Trinajstić information content (AvgIpc) is 2.60. The molecule has 0 atom stereocenters. The molecule has 4 N–H and O–H groups in total. The highest BCUT2D eigenvalue weighted by molar-refractivity contribution is 5.91. The number of carbonyl (C=O) groups excluding carboxylic acids is 1. The van der Waals surface area contributed by atoms with Crippen molar-refractivity contribution in [2.24, 2.45) is 16.5 Å². The molecule has 4 rings (SSSR count). The Hall–Kier alpha value is -3.03. The minimum absolute atomic E-state index is 0.0383. The molecule has 2 aromatic carbocycles. The van der Waals surface area contributed by atoms with Crippen LogP contribution in [0.3, 0.4) is 0 Å². The van der Waals surface area contributed by atoms with Gasteiger partial charge in [-0.25, -0.2) is 18.0 Å². The van der Waals surface area contributed by atoms with E-state index >= 15 is 0 Å². The van der Waals surface area contributed by atoms with E-state index in [0.717, 1.165) is 18.6 Å². The van der Waals surface area contributed by atoms with E-state index in [1.165, 1.54) is 23.1 Å². The van der Waals surface area contributed by atoms with Crippen LogP contribution in [0.4, 0.5) is 18.0 Å². The van der Waals surface area contributed by atoms with Gasteiger partial charge < -0.3 is 16.4 Å². The zero-order chi connectivity index (χ0) is 20.1. The Morgan fingerprint density at radius 1 is 1.04 bits per heavy atom. The van der Waals surface area contributed by atoms with E-state index in [-0.39, 0.29) is 23.9 Å². The molecule has 1 aliphatic heterocycles. The van der Waals surface area contributed by atoms with Gasteiger partial charge in [0.2, 0.25) is 0 Å². The van der Waals surface area contributed by atoms with Crippen LogP contribution in [0.5, 0.6) is 0 Å². The summed E-state index contributed by atoms with van der Waals surface area (Å²) in [7, 11) is 0. The summed E-state index contributed by atoms with van der Waals surface area (Å²) in [5.74, 6) is -2.18. The molecule has 0 aromatic heterocycles. The van der Waals surface area contributed by atoms with Crippen molar-refractivity contribution in [3.8, 4) is 11.1 Å². The molecule has 28 heavy (non-hydrogen) atoms. The maximum Gasteiger partial charge on any atom is 0.347 e. The van der Waals surface area contributed by atoms with Crippen molar-refractivity contribution >= 4 is 12.0 Å². The summed E-state index contributed by atoms with van der Waals surface area (Å²) >= 11 is 0. The lowest BCUT2D eigenvalue weighted by Crippen LogP contribution is -2.52. The van der Waals surface area contributed by atoms with Gasteiger partial charge in [-0.3, -0.25) is 0 Å². The Labute approximate surface area is 159 Å². The maximum absolute atomic E-state index is 14.9. The number of benzene rings is 2. The molecule has 5 nitrogen and oxygen atoms in total. The van der Waals surface area contributed by atoms with Crippen molar-refractivity contribution in [2.75, 3.05) is 6.54 Å². The number of rotatable bonds is 1. The first-order valence-electron chi connectivity index (χ1n) is 8.96. The molecule has 146 valence electrons. The first kappa shape index (κ1) is 18.3. The lowest BCUT2D eigenvalue weighted by molar-refractivity contribution is 0.126. The summed E-state index contributed by atoms with van der Waals surface area (Å²) in [4.78, 5) is 17.5. The topological polar surface area (TPSA) is 84.7 Å². The van der Waals surface area contributed by atoms with Crippen molar-refractivity contribution in [2.45, 2.75) is 31.2 Å². The van der Waals surface area contributed by atoms with Crippen LogP contribution in [0.2, 0.25) is 0 Å². The summed E-state index contributed by atoms with van der Waals surface area (Å²) in [5, 5.41) is 0. The van der Waals surface area contributed by atoms with Gasteiger partial charge in [-0.1, -0.05) is 12.5 Å². The number of hydrogen-bond acceptors (Lipinski definition) is 1. The summed E-state index contributed by atoms with van der Waals surface area (Å²) in [5.41, 5.74) is 11.7. The van der Waals surface area contributed by atoms with Gasteiger partial charge >= 0.3 is 6.03 Å². The molecule has 2 aromatic rings. The number of nitrogens with zero attached hydrogens (tertiary/aromatic N) is 2. The summed E-state index contributed by atoms with van der Waals surface area (Å²) < 4.78 is 42.7. The second-order valence-corrected chi connectivity index (χ2v) is 7.38. The summed E-state index contributed by atoms with van der Waals surface area (Å²) in [6.07, 6.45) is 2.31. The van der Waals surface area contributed by atoms with Gasteiger partial charge in [-0.15, -0.1) is 0 Å². The third-order valence-electron chi connectivity index (χ3n) is 5.66. The SMILES string of the molecule is NC(N)=NC(=O)N1Cc2c(-c3ccc(F)cc3F)ccc(F)c2C2(CCC2)C1. The molecule has 8 heteroatoms. The molecule has 1 heterocycles. The van der Waals surface area contributed by atoms with Gasteiger partial charge in [0.05, 0.1) is 0 Å². The molecular formula is C20H19F3N4O. The lowest BCUT2D eigenvalue weighted by Gasteiger charge is -2.50. The van der Waals surface area contributed by atoms with Gasteiger partial charge in [0.15, 0.2) is 5.96 Å². The van der Waals surface area contributed by atoms with Gasteiger partial charge in [-0.05, 0) is 42.2 Å². The van der Waals surface area contributed by atoms with Gasteiger partial charge in [0, 0.05) is 35.7 Å². The lowest BCUT2D eigenvalue weighted by atomic mass is 9.61. The van der Waals surface area contributed by atoms with Gasteiger partial charge in [0.1, 0.15) is 17.5 Å². The van der Waals surface area contributed by atoms with Crippen LogP contribution in [0.1, 0.15) is 30.4 Å². The monoisotopic (exact) mass is 388 g/mol. The Kier molecular flexibility index (Phi) is 4.28. The Balaban J connectivity index is 1.89. The van der Waals surface area contributed by atoms with Crippen LogP contribution in [0, 0.1) is 17.5 Å². The first-order valence-corrected chi connectivity index (χ1v) is 8.96. The van der Waals surface area contributed by atoms with Gasteiger partial charge in [-0.2, -0.15) is 4.99 Å². The zero-order valence-electron chi connectivity index (χ0n) is 15.0. The second kappa shape index (κ2) is 6.54. The van der Waals surface area contributed by atoms with E-state index in [0.29, 0.717) is 36.1 Å². The second-order valence-electron chi connectivity index (χ2n) is 7.38. The molecule has 0 radical (unpaired) electrons. The molecule has 1 spiro atoms. The largest absolute Gasteiger partial charge is 0.370 e. The van der Waals surface area contributed by atoms with Crippen LogP contribution in [-0.4, -0.2) is 23.4 Å². The molecule has 2 amide bonds. The minimum Gasteiger partial charge on any atom is -0.370 e. The molecule has 1 fully saturated rings. The smallest absolute Gasteiger partial charge is 0.347 e. The Bertz CT molecular complexity index is 997. The van der Waals surface area contributed by atoms with Crippen LogP contribution < -0.4 is 11.5 Å². The number of carbonyl (C=O) groups is 1. The number of nitrogens with two attached hydrogens (primary N) is 2. The van der Waals surface area contributed by atoms with Crippen LogP contribution in [0.15, 0.2) is 35.3 Å². The highest BCUT2D eigenvalue weighted by Crippen LogP contribution is 2.51. The molecule has 2 aliphatic rings. The number of amides is 2. The quantitative estimate of drug-likeness (QED) is 0.580. The molecule has 0 unspecified atom stereocenters. The number of hydrogen-bond donors (Lipinski definition) is 2.